The zero-order valence-corrected chi connectivity index (χ0v) is 16.1. The monoisotopic (exact) mass is 298 g/mol. The van der Waals surface area contributed by atoms with Crippen LogP contribution in [0, 0.1) is 0 Å². The molecule has 98 valence electrons. The molecule has 1 saturated heterocycles. The fourth-order valence-corrected chi connectivity index (χ4v) is 12.8. The third-order valence-corrected chi connectivity index (χ3v) is 14.2. The van der Waals surface area contributed by atoms with E-state index in [9.17, 15) is 0 Å². The zero-order valence-electron chi connectivity index (χ0n) is 11.8. The van der Waals surface area contributed by atoms with E-state index in [4.69, 9.17) is 16.8 Å². The van der Waals surface area contributed by atoms with Crippen molar-refractivity contribution in [3.63, 3.8) is 0 Å². The van der Waals surface area contributed by atoms with Crippen molar-refractivity contribution >= 4 is 35.4 Å². The maximum absolute atomic E-state index is 5.64. The van der Waals surface area contributed by atoms with Crippen LogP contribution in [0.25, 0.3) is 0 Å². The van der Waals surface area contributed by atoms with Crippen LogP contribution < -0.4 is 0 Å². The van der Waals surface area contributed by atoms with Gasteiger partial charge >= 0.3 is 26.4 Å². The lowest BCUT2D eigenvalue weighted by Gasteiger charge is -2.38. The van der Waals surface area contributed by atoms with Crippen LogP contribution in [0.3, 0.4) is 0 Å². The van der Waals surface area contributed by atoms with Gasteiger partial charge in [-0.15, -0.1) is 0 Å². The minimum atomic E-state index is -1.68. The summed E-state index contributed by atoms with van der Waals surface area (Å²) in [7, 11) is -3.31. The highest BCUT2D eigenvalue weighted by molar-refractivity contribution is 6.83. The quantitative estimate of drug-likeness (QED) is 0.746. The van der Waals surface area contributed by atoms with Gasteiger partial charge in [0.1, 0.15) is 0 Å². The third kappa shape index (κ3) is 7.90. The predicted octanol–water partition coefficient (Wildman–Crippen LogP) is 1.92. The van der Waals surface area contributed by atoms with Gasteiger partial charge in [-0.2, -0.15) is 0 Å². The van der Waals surface area contributed by atoms with Crippen molar-refractivity contribution in [2.75, 3.05) is 7.11 Å². The zero-order chi connectivity index (χ0) is 13.0. The van der Waals surface area contributed by atoms with Crippen LogP contribution in [0.4, 0.5) is 0 Å². The van der Waals surface area contributed by atoms with Crippen molar-refractivity contribution in [2.24, 2.45) is 0 Å². The van der Waals surface area contributed by atoms with Crippen LogP contribution in [0.5, 0.6) is 0 Å². The third-order valence-electron chi connectivity index (χ3n) is 1.91. The molecular weight excluding hydrogens is 272 g/mol. The van der Waals surface area contributed by atoms with Gasteiger partial charge in [-0.25, -0.2) is 0 Å². The molecule has 1 fully saturated rings. The Morgan fingerprint density at radius 3 is 1.69 bits per heavy atom. The second kappa shape index (κ2) is 6.59. The van der Waals surface area contributed by atoms with E-state index in [2.05, 4.69) is 45.8 Å². The van der Waals surface area contributed by atoms with Crippen LogP contribution in [0.1, 0.15) is 0 Å². The minimum absolute atomic E-state index is 0.876. The van der Waals surface area contributed by atoms with Crippen molar-refractivity contribution in [1.29, 1.82) is 0 Å². The van der Waals surface area contributed by atoms with Crippen LogP contribution in [0.15, 0.2) is 0 Å². The smallest absolute Gasteiger partial charge is 0.320 e. The first-order valence-corrected chi connectivity index (χ1v) is 16.2. The van der Waals surface area contributed by atoms with Crippen molar-refractivity contribution < 1.29 is 16.8 Å². The first-order valence-electron chi connectivity index (χ1n) is 5.66. The second-order valence-corrected chi connectivity index (χ2v) is 17.0. The molecule has 0 amide bonds. The topological polar surface area (TPSA) is 36.9 Å². The highest BCUT2D eigenvalue weighted by Crippen LogP contribution is 2.19. The lowest BCUT2D eigenvalue weighted by atomic mass is 11.8. The number of rotatable bonds is 3. The maximum Gasteiger partial charge on any atom is 0.320 e. The Bertz CT molecular complexity index is 202. The first kappa shape index (κ1) is 16.7. The first-order chi connectivity index (χ1) is 7.08. The molecule has 0 aliphatic carbocycles. The molecule has 1 aliphatic rings. The summed E-state index contributed by atoms with van der Waals surface area (Å²) >= 11 is 0. The fourth-order valence-electron chi connectivity index (χ4n) is 1.42. The summed E-state index contributed by atoms with van der Waals surface area (Å²) in [4.78, 5) is 0. The van der Waals surface area contributed by atoms with Crippen LogP contribution in [0.2, 0.25) is 45.8 Å². The molecule has 0 radical (unpaired) electrons. The Balaban J connectivity index is 0.000000288. The van der Waals surface area contributed by atoms with Gasteiger partial charge in [0.2, 0.25) is 0 Å². The van der Waals surface area contributed by atoms with E-state index in [1.54, 1.807) is 7.11 Å². The molecule has 0 atom stereocenters. The molecule has 4 nitrogen and oxygen atoms in total. The molecule has 0 aromatic heterocycles. The van der Waals surface area contributed by atoms with Gasteiger partial charge in [-0.3, -0.25) is 0 Å². The van der Waals surface area contributed by atoms with E-state index < -0.39 is 35.4 Å². The Kier molecular flexibility index (Phi) is 6.88. The molecular formula is C8H26O4Si4. The molecule has 0 spiro atoms. The molecule has 0 aromatic carbocycles. The summed E-state index contributed by atoms with van der Waals surface area (Å²) in [6, 6.07) is 0. The molecule has 0 aromatic rings. The summed E-state index contributed by atoms with van der Waals surface area (Å²) in [6.07, 6.45) is 0. The van der Waals surface area contributed by atoms with Gasteiger partial charge in [0.15, 0.2) is 9.04 Å². The van der Waals surface area contributed by atoms with Gasteiger partial charge in [0.25, 0.3) is 0 Å². The SMILES string of the molecule is CO[Si](C)(C)O[SiH](C)C.C[SiH]1O[Si](C)(C)O1. The van der Waals surface area contributed by atoms with E-state index in [1.807, 2.05) is 0 Å². The Hall–Kier alpha value is 0.708. The Labute approximate surface area is 105 Å². The van der Waals surface area contributed by atoms with E-state index in [1.165, 1.54) is 0 Å². The predicted molar refractivity (Wildman–Crippen MR) is 77.1 cm³/mol. The van der Waals surface area contributed by atoms with E-state index >= 15 is 0 Å². The number of hydrogen-bond acceptors (Lipinski definition) is 4. The summed E-state index contributed by atoms with van der Waals surface area (Å²) in [5, 5.41) is 0. The minimum Gasteiger partial charge on any atom is -0.439 e. The largest absolute Gasteiger partial charge is 0.439 e. The molecule has 8 heteroatoms. The van der Waals surface area contributed by atoms with Gasteiger partial charge in [0, 0.05) is 7.11 Å². The van der Waals surface area contributed by atoms with Crippen molar-refractivity contribution in [2.45, 2.75) is 45.8 Å². The van der Waals surface area contributed by atoms with Crippen LogP contribution >= 0.6 is 0 Å². The van der Waals surface area contributed by atoms with Crippen molar-refractivity contribution in [3.05, 3.63) is 0 Å². The number of hydrogen-bond donors (Lipinski definition) is 0. The molecule has 16 heavy (non-hydrogen) atoms. The van der Waals surface area contributed by atoms with Gasteiger partial charge in [-0.05, 0) is 45.8 Å². The molecule has 0 bridgehead atoms. The summed E-state index contributed by atoms with van der Waals surface area (Å²) in [6.45, 7) is 14.7. The molecule has 0 unspecified atom stereocenters. The molecule has 1 aliphatic heterocycles. The average molecular weight is 299 g/mol. The van der Waals surface area contributed by atoms with Crippen molar-refractivity contribution in [3.8, 4) is 0 Å². The summed E-state index contributed by atoms with van der Waals surface area (Å²) in [5.41, 5.74) is 0. The average Bonchev–Trinajstić information content (AvgIpc) is 1.99. The van der Waals surface area contributed by atoms with Crippen LogP contribution in [-0.2, 0) is 16.8 Å². The molecule has 1 heterocycles. The second-order valence-electron chi connectivity index (χ2n) is 4.97. The van der Waals surface area contributed by atoms with Gasteiger partial charge in [0.05, 0.1) is 0 Å². The van der Waals surface area contributed by atoms with Crippen LogP contribution in [-0.4, -0.2) is 42.6 Å². The molecule has 0 saturated carbocycles. The summed E-state index contributed by atoms with van der Waals surface area (Å²) < 4.78 is 21.6. The van der Waals surface area contributed by atoms with E-state index in [0.29, 0.717) is 0 Å². The van der Waals surface area contributed by atoms with Gasteiger partial charge in [-0.1, -0.05) is 0 Å². The van der Waals surface area contributed by atoms with E-state index in [-0.39, 0.29) is 0 Å². The van der Waals surface area contributed by atoms with E-state index in [0.717, 1.165) is 0 Å². The fraction of sp³-hybridized carbons (Fsp3) is 1.00. The van der Waals surface area contributed by atoms with Crippen molar-refractivity contribution in [1.82, 2.24) is 0 Å². The van der Waals surface area contributed by atoms with Gasteiger partial charge < -0.3 is 16.8 Å². The maximum atomic E-state index is 5.64. The Morgan fingerprint density at radius 1 is 1.19 bits per heavy atom. The lowest BCUT2D eigenvalue weighted by Crippen LogP contribution is -2.55. The summed E-state index contributed by atoms with van der Waals surface area (Å²) in [5.74, 6) is 0. The highest BCUT2D eigenvalue weighted by atomic mass is 28.5. The standard InChI is InChI=1S/C5H16O2Si2.C3H10O2Si2/c1-6-9(4,5)7-8(2)3;1-6-4-7(2,3)5-6/h8H,1-5H3;6H,1-3H3. The molecule has 1 rings (SSSR count). The lowest BCUT2D eigenvalue weighted by molar-refractivity contribution is 0.265. The highest BCUT2D eigenvalue weighted by Gasteiger charge is 2.39. The normalized spacial score (nSPS) is 20.1. The molecule has 0 N–H and O–H groups in total. The Morgan fingerprint density at radius 2 is 1.62 bits per heavy atom.